The standard InChI is InChI=1S/C23H21FN4O2S/c1-15-10-11-17(24)12-19(15)25-22(29)14-31-23-27-26-21(28(23)2)13-30-20-9-5-7-16-6-3-4-8-18(16)20/h3-12H,13-14H2,1-2H3,(H,25,29). The fourth-order valence-electron chi connectivity index (χ4n) is 3.11. The summed E-state index contributed by atoms with van der Waals surface area (Å²) in [6.07, 6.45) is 0. The number of aromatic nitrogens is 3. The molecule has 8 heteroatoms. The second-order valence-corrected chi connectivity index (χ2v) is 7.96. The van der Waals surface area contributed by atoms with Gasteiger partial charge in [0, 0.05) is 18.1 Å². The van der Waals surface area contributed by atoms with Gasteiger partial charge < -0.3 is 14.6 Å². The number of rotatable bonds is 7. The first-order valence-corrected chi connectivity index (χ1v) is 10.7. The summed E-state index contributed by atoms with van der Waals surface area (Å²) in [5.41, 5.74) is 1.26. The molecule has 4 aromatic rings. The monoisotopic (exact) mass is 436 g/mol. The van der Waals surface area contributed by atoms with Gasteiger partial charge in [0.1, 0.15) is 18.2 Å². The van der Waals surface area contributed by atoms with Crippen LogP contribution >= 0.6 is 11.8 Å². The molecule has 3 aromatic carbocycles. The van der Waals surface area contributed by atoms with Gasteiger partial charge >= 0.3 is 0 Å². The highest BCUT2D eigenvalue weighted by Gasteiger charge is 2.13. The fraction of sp³-hybridized carbons (Fsp3) is 0.174. The normalized spacial score (nSPS) is 10.9. The molecule has 1 amide bonds. The first kappa shape index (κ1) is 20.9. The number of ether oxygens (including phenoxy) is 1. The van der Waals surface area contributed by atoms with Crippen molar-refractivity contribution in [2.75, 3.05) is 11.1 Å². The van der Waals surface area contributed by atoms with Crippen LogP contribution in [-0.2, 0) is 18.4 Å². The third-order valence-corrected chi connectivity index (χ3v) is 5.86. The maximum atomic E-state index is 13.4. The zero-order valence-electron chi connectivity index (χ0n) is 17.1. The molecule has 0 saturated carbocycles. The van der Waals surface area contributed by atoms with Crippen LogP contribution in [0.1, 0.15) is 11.4 Å². The first-order chi connectivity index (χ1) is 15.0. The number of halogens is 1. The van der Waals surface area contributed by atoms with Crippen LogP contribution < -0.4 is 10.1 Å². The molecule has 158 valence electrons. The van der Waals surface area contributed by atoms with Crippen LogP contribution in [-0.4, -0.2) is 26.4 Å². The zero-order chi connectivity index (χ0) is 21.8. The van der Waals surface area contributed by atoms with E-state index in [0.717, 1.165) is 22.1 Å². The van der Waals surface area contributed by atoms with E-state index < -0.39 is 5.82 Å². The summed E-state index contributed by atoms with van der Waals surface area (Å²) < 4.78 is 21.2. The molecule has 0 saturated heterocycles. The molecular weight excluding hydrogens is 415 g/mol. The number of hydrogen-bond acceptors (Lipinski definition) is 5. The number of carbonyl (C=O) groups is 1. The predicted molar refractivity (Wildman–Crippen MR) is 120 cm³/mol. The van der Waals surface area contributed by atoms with Crippen LogP contribution in [0.2, 0.25) is 0 Å². The third-order valence-electron chi connectivity index (χ3n) is 4.84. The fourth-order valence-corrected chi connectivity index (χ4v) is 3.84. The predicted octanol–water partition coefficient (Wildman–Crippen LogP) is 4.73. The van der Waals surface area contributed by atoms with Crippen LogP contribution in [0.25, 0.3) is 10.8 Å². The summed E-state index contributed by atoms with van der Waals surface area (Å²) in [5.74, 6) is 0.927. The highest BCUT2D eigenvalue weighted by molar-refractivity contribution is 7.99. The van der Waals surface area contributed by atoms with E-state index in [2.05, 4.69) is 15.5 Å². The second kappa shape index (κ2) is 9.18. The van der Waals surface area contributed by atoms with E-state index in [1.54, 1.807) is 10.6 Å². The molecular formula is C23H21FN4O2S. The van der Waals surface area contributed by atoms with Crippen molar-refractivity contribution in [3.05, 3.63) is 77.9 Å². The Balaban J connectivity index is 1.37. The lowest BCUT2D eigenvalue weighted by molar-refractivity contribution is -0.113. The van der Waals surface area contributed by atoms with Crippen LogP contribution in [0.5, 0.6) is 5.75 Å². The number of benzene rings is 3. The molecule has 0 aliphatic rings. The van der Waals surface area contributed by atoms with Gasteiger partial charge in [-0.2, -0.15) is 0 Å². The largest absolute Gasteiger partial charge is 0.485 e. The van der Waals surface area contributed by atoms with E-state index in [9.17, 15) is 9.18 Å². The lowest BCUT2D eigenvalue weighted by Gasteiger charge is -2.10. The maximum Gasteiger partial charge on any atom is 0.234 e. The summed E-state index contributed by atoms with van der Waals surface area (Å²) in [7, 11) is 1.83. The lowest BCUT2D eigenvalue weighted by atomic mass is 10.1. The minimum atomic E-state index is -0.391. The van der Waals surface area contributed by atoms with E-state index >= 15 is 0 Å². The van der Waals surface area contributed by atoms with E-state index in [4.69, 9.17) is 4.74 Å². The van der Waals surface area contributed by atoms with Gasteiger partial charge in [0.2, 0.25) is 5.91 Å². The number of amides is 1. The van der Waals surface area contributed by atoms with E-state index in [1.807, 2.05) is 56.4 Å². The Morgan fingerprint density at radius 1 is 1.13 bits per heavy atom. The molecule has 0 unspecified atom stereocenters. The number of hydrogen-bond donors (Lipinski definition) is 1. The van der Waals surface area contributed by atoms with Crippen molar-refractivity contribution in [1.82, 2.24) is 14.8 Å². The SMILES string of the molecule is Cc1ccc(F)cc1NC(=O)CSc1nnc(COc2cccc3ccccc23)n1C. The van der Waals surface area contributed by atoms with Crippen molar-refractivity contribution < 1.29 is 13.9 Å². The molecule has 0 fully saturated rings. The maximum absolute atomic E-state index is 13.4. The molecule has 0 aliphatic heterocycles. The van der Waals surface area contributed by atoms with Crippen molar-refractivity contribution in [3.63, 3.8) is 0 Å². The molecule has 1 heterocycles. The molecule has 0 spiro atoms. The summed E-state index contributed by atoms with van der Waals surface area (Å²) in [5, 5.41) is 13.8. The van der Waals surface area contributed by atoms with Crippen LogP contribution in [0, 0.1) is 12.7 Å². The van der Waals surface area contributed by atoms with Gasteiger partial charge in [-0.3, -0.25) is 4.79 Å². The quantitative estimate of drug-likeness (QED) is 0.425. The topological polar surface area (TPSA) is 69.0 Å². The number of fused-ring (bicyclic) bond motifs is 1. The Bertz CT molecular complexity index is 1240. The Hall–Kier alpha value is -3.39. The van der Waals surface area contributed by atoms with Crippen LogP contribution in [0.3, 0.4) is 0 Å². The highest BCUT2D eigenvalue weighted by Crippen LogP contribution is 2.26. The van der Waals surface area contributed by atoms with Gasteiger partial charge in [-0.15, -0.1) is 10.2 Å². The van der Waals surface area contributed by atoms with Gasteiger partial charge in [0.05, 0.1) is 5.75 Å². The van der Waals surface area contributed by atoms with Crippen LogP contribution in [0.15, 0.2) is 65.8 Å². The Labute approximate surface area is 183 Å². The second-order valence-electron chi connectivity index (χ2n) is 7.02. The summed E-state index contributed by atoms with van der Waals surface area (Å²) in [6.45, 7) is 2.07. The molecule has 0 atom stereocenters. The Morgan fingerprint density at radius 2 is 1.94 bits per heavy atom. The number of nitrogens with zero attached hydrogens (tertiary/aromatic N) is 3. The molecule has 0 radical (unpaired) electrons. The van der Waals surface area contributed by atoms with Crippen molar-refractivity contribution in [2.45, 2.75) is 18.7 Å². The highest BCUT2D eigenvalue weighted by atomic mass is 32.2. The third kappa shape index (κ3) is 4.86. The van der Waals surface area contributed by atoms with Gasteiger partial charge in [0.15, 0.2) is 11.0 Å². The van der Waals surface area contributed by atoms with Crippen molar-refractivity contribution in [1.29, 1.82) is 0 Å². The lowest BCUT2D eigenvalue weighted by Crippen LogP contribution is -2.15. The average Bonchev–Trinajstić information content (AvgIpc) is 3.12. The first-order valence-electron chi connectivity index (χ1n) is 9.69. The summed E-state index contributed by atoms with van der Waals surface area (Å²) in [6, 6.07) is 18.2. The molecule has 6 nitrogen and oxygen atoms in total. The van der Waals surface area contributed by atoms with Gasteiger partial charge in [0.25, 0.3) is 0 Å². The number of anilines is 1. The number of thioether (sulfide) groups is 1. The molecule has 0 bridgehead atoms. The van der Waals surface area contributed by atoms with Crippen LogP contribution in [0.4, 0.5) is 10.1 Å². The molecule has 4 rings (SSSR count). The minimum Gasteiger partial charge on any atom is -0.485 e. The van der Waals surface area contributed by atoms with Crippen molar-refractivity contribution in [3.8, 4) is 5.75 Å². The minimum absolute atomic E-state index is 0.131. The summed E-state index contributed by atoms with van der Waals surface area (Å²) >= 11 is 1.26. The average molecular weight is 437 g/mol. The van der Waals surface area contributed by atoms with Gasteiger partial charge in [-0.1, -0.05) is 54.2 Å². The molecule has 31 heavy (non-hydrogen) atoms. The zero-order valence-corrected chi connectivity index (χ0v) is 17.9. The van der Waals surface area contributed by atoms with E-state index in [-0.39, 0.29) is 18.3 Å². The number of carbonyl (C=O) groups excluding carboxylic acids is 1. The van der Waals surface area contributed by atoms with E-state index in [0.29, 0.717) is 16.7 Å². The smallest absolute Gasteiger partial charge is 0.234 e. The molecule has 1 aromatic heterocycles. The van der Waals surface area contributed by atoms with Crippen molar-refractivity contribution in [2.24, 2.45) is 7.05 Å². The Kier molecular flexibility index (Phi) is 6.18. The summed E-state index contributed by atoms with van der Waals surface area (Å²) in [4.78, 5) is 12.3. The van der Waals surface area contributed by atoms with Gasteiger partial charge in [-0.25, -0.2) is 4.39 Å². The Morgan fingerprint density at radius 3 is 2.81 bits per heavy atom. The van der Waals surface area contributed by atoms with E-state index in [1.165, 1.54) is 23.9 Å². The van der Waals surface area contributed by atoms with Crippen molar-refractivity contribution >= 4 is 34.1 Å². The molecule has 0 aliphatic carbocycles. The number of nitrogens with one attached hydrogen (secondary N) is 1. The van der Waals surface area contributed by atoms with Gasteiger partial charge in [-0.05, 0) is 36.1 Å². The molecule has 1 N–H and O–H groups in total. The number of aryl methyl sites for hydroxylation is 1.